The van der Waals surface area contributed by atoms with Gasteiger partial charge in [0.15, 0.2) is 0 Å². The van der Waals surface area contributed by atoms with Crippen molar-refractivity contribution in [2.24, 2.45) is 11.7 Å². The summed E-state index contributed by atoms with van der Waals surface area (Å²) in [5.74, 6) is -0.335. The van der Waals surface area contributed by atoms with E-state index in [2.05, 4.69) is 5.32 Å². The Kier molecular flexibility index (Phi) is 5.00. The fourth-order valence-corrected chi connectivity index (χ4v) is 1.64. The third-order valence-corrected chi connectivity index (χ3v) is 2.95. The lowest BCUT2D eigenvalue weighted by molar-refractivity contribution is -0.385. The second-order valence-electron chi connectivity index (χ2n) is 4.71. The van der Waals surface area contributed by atoms with Crippen LogP contribution in [0.4, 0.5) is 11.4 Å². The quantitative estimate of drug-likeness (QED) is 0.629. The molecule has 1 aromatic rings. The van der Waals surface area contributed by atoms with Gasteiger partial charge < -0.3 is 11.1 Å². The Labute approximate surface area is 112 Å². The van der Waals surface area contributed by atoms with Crippen LogP contribution in [0.15, 0.2) is 18.2 Å². The lowest BCUT2D eigenvalue weighted by atomic mass is 10.0. The number of carbonyl (C=O) groups excluding carboxylic acids is 1. The van der Waals surface area contributed by atoms with Gasteiger partial charge in [-0.2, -0.15) is 0 Å². The van der Waals surface area contributed by atoms with E-state index in [1.807, 2.05) is 20.8 Å². The average Bonchev–Trinajstić information content (AvgIpc) is 2.37. The van der Waals surface area contributed by atoms with Gasteiger partial charge in [0.2, 0.25) is 5.91 Å². The van der Waals surface area contributed by atoms with Crippen LogP contribution in [0.2, 0.25) is 0 Å². The van der Waals surface area contributed by atoms with Crippen LogP contribution in [0, 0.1) is 16.0 Å². The van der Waals surface area contributed by atoms with Crippen molar-refractivity contribution in [2.75, 3.05) is 5.32 Å². The molecule has 1 aromatic carbocycles. The molecule has 0 bridgehead atoms. The molecule has 0 fully saturated rings. The van der Waals surface area contributed by atoms with Gasteiger partial charge in [0.05, 0.1) is 11.0 Å². The highest BCUT2D eigenvalue weighted by atomic mass is 16.6. The molecule has 6 heteroatoms. The minimum atomic E-state index is -0.634. The van der Waals surface area contributed by atoms with Gasteiger partial charge >= 0.3 is 0 Å². The molecule has 0 spiro atoms. The summed E-state index contributed by atoms with van der Waals surface area (Å²) in [4.78, 5) is 22.3. The SMILES string of the molecule is CCc1ccc(NC(=O)[C@H](N)C(C)C)cc1[N+](=O)[O-]. The van der Waals surface area contributed by atoms with E-state index in [4.69, 9.17) is 5.73 Å². The zero-order valence-electron chi connectivity index (χ0n) is 11.3. The summed E-state index contributed by atoms with van der Waals surface area (Å²) in [5.41, 5.74) is 6.76. The van der Waals surface area contributed by atoms with E-state index in [0.717, 1.165) is 0 Å². The molecule has 1 rings (SSSR count). The third kappa shape index (κ3) is 3.75. The van der Waals surface area contributed by atoms with Crippen molar-refractivity contribution in [2.45, 2.75) is 33.2 Å². The number of nitro groups is 1. The van der Waals surface area contributed by atoms with Crippen molar-refractivity contribution in [3.05, 3.63) is 33.9 Å². The second kappa shape index (κ2) is 6.29. The number of carbonyl (C=O) groups is 1. The van der Waals surface area contributed by atoms with E-state index in [-0.39, 0.29) is 17.5 Å². The van der Waals surface area contributed by atoms with Crippen LogP contribution >= 0.6 is 0 Å². The highest BCUT2D eigenvalue weighted by Gasteiger charge is 2.19. The van der Waals surface area contributed by atoms with Crippen molar-refractivity contribution in [1.29, 1.82) is 0 Å². The number of anilines is 1. The summed E-state index contributed by atoms with van der Waals surface area (Å²) in [6.07, 6.45) is 0.566. The standard InChI is InChI=1S/C13H19N3O3/c1-4-9-5-6-10(7-11(9)16(18)19)15-13(17)12(14)8(2)3/h5-8,12H,4,14H2,1-3H3,(H,15,17)/t12-/m1/s1. The predicted octanol–water partition coefficient (Wildman–Crippen LogP) is 2.08. The molecule has 0 saturated heterocycles. The molecule has 0 heterocycles. The number of rotatable bonds is 5. The van der Waals surface area contributed by atoms with Crippen LogP contribution in [0.5, 0.6) is 0 Å². The van der Waals surface area contributed by atoms with E-state index in [1.54, 1.807) is 12.1 Å². The van der Waals surface area contributed by atoms with E-state index in [9.17, 15) is 14.9 Å². The molecule has 6 nitrogen and oxygen atoms in total. The van der Waals surface area contributed by atoms with Crippen LogP contribution in [-0.4, -0.2) is 16.9 Å². The van der Waals surface area contributed by atoms with Crippen LogP contribution in [-0.2, 0) is 11.2 Å². The van der Waals surface area contributed by atoms with Gasteiger partial charge in [-0.3, -0.25) is 14.9 Å². The Balaban J connectivity index is 2.94. The molecule has 104 valence electrons. The number of nitro benzene ring substituents is 1. The monoisotopic (exact) mass is 265 g/mol. The zero-order valence-corrected chi connectivity index (χ0v) is 11.3. The average molecular weight is 265 g/mol. The van der Waals surface area contributed by atoms with Gasteiger partial charge in [-0.15, -0.1) is 0 Å². The number of nitrogens with one attached hydrogen (secondary N) is 1. The van der Waals surface area contributed by atoms with Crippen molar-refractivity contribution in [3.8, 4) is 0 Å². The van der Waals surface area contributed by atoms with Gasteiger partial charge in [0.1, 0.15) is 0 Å². The number of aryl methyl sites for hydroxylation is 1. The van der Waals surface area contributed by atoms with Crippen molar-refractivity contribution >= 4 is 17.3 Å². The third-order valence-electron chi connectivity index (χ3n) is 2.95. The molecular formula is C13H19N3O3. The maximum atomic E-state index is 11.8. The minimum absolute atomic E-state index is 0.00454. The molecule has 1 amide bonds. The van der Waals surface area contributed by atoms with Gasteiger partial charge in [-0.1, -0.05) is 26.8 Å². The van der Waals surface area contributed by atoms with E-state index >= 15 is 0 Å². The van der Waals surface area contributed by atoms with Crippen molar-refractivity contribution in [1.82, 2.24) is 0 Å². The molecule has 0 aromatic heterocycles. The first-order valence-corrected chi connectivity index (χ1v) is 6.20. The molecule has 19 heavy (non-hydrogen) atoms. The number of hydrogen-bond acceptors (Lipinski definition) is 4. The molecule has 3 N–H and O–H groups in total. The first kappa shape index (κ1) is 15.1. The summed E-state index contributed by atoms with van der Waals surface area (Å²) in [6, 6.07) is 4.03. The largest absolute Gasteiger partial charge is 0.324 e. The lowest BCUT2D eigenvalue weighted by Gasteiger charge is -2.15. The van der Waals surface area contributed by atoms with E-state index in [0.29, 0.717) is 17.7 Å². The maximum Gasteiger partial charge on any atom is 0.274 e. The fraction of sp³-hybridized carbons (Fsp3) is 0.462. The summed E-state index contributed by atoms with van der Waals surface area (Å²) < 4.78 is 0. The van der Waals surface area contributed by atoms with E-state index < -0.39 is 11.0 Å². The number of benzene rings is 1. The Morgan fingerprint density at radius 3 is 2.58 bits per heavy atom. The van der Waals surface area contributed by atoms with Crippen LogP contribution in [0.25, 0.3) is 0 Å². The van der Waals surface area contributed by atoms with Gasteiger partial charge in [-0.25, -0.2) is 0 Å². The number of hydrogen-bond donors (Lipinski definition) is 2. The van der Waals surface area contributed by atoms with Crippen LogP contribution in [0.3, 0.4) is 0 Å². The first-order chi connectivity index (χ1) is 8.86. The first-order valence-electron chi connectivity index (χ1n) is 6.20. The predicted molar refractivity (Wildman–Crippen MR) is 73.9 cm³/mol. The highest BCUT2D eigenvalue weighted by molar-refractivity contribution is 5.95. The second-order valence-corrected chi connectivity index (χ2v) is 4.71. The molecular weight excluding hydrogens is 246 g/mol. The molecule has 0 aliphatic carbocycles. The van der Waals surface area contributed by atoms with Crippen LogP contribution in [0.1, 0.15) is 26.3 Å². The zero-order chi connectivity index (χ0) is 14.6. The molecule has 0 saturated carbocycles. The van der Waals surface area contributed by atoms with Gasteiger partial charge in [0.25, 0.3) is 5.69 Å². The fourth-order valence-electron chi connectivity index (χ4n) is 1.64. The number of nitrogens with two attached hydrogens (primary N) is 1. The normalized spacial score (nSPS) is 12.3. The Bertz CT molecular complexity index is 486. The lowest BCUT2D eigenvalue weighted by Crippen LogP contribution is -2.39. The van der Waals surface area contributed by atoms with Crippen molar-refractivity contribution < 1.29 is 9.72 Å². The van der Waals surface area contributed by atoms with E-state index in [1.165, 1.54) is 6.07 Å². The Morgan fingerprint density at radius 2 is 2.11 bits per heavy atom. The molecule has 0 aliphatic heterocycles. The highest BCUT2D eigenvalue weighted by Crippen LogP contribution is 2.23. The topological polar surface area (TPSA) is 98.3 Å². The summed E-state index contributed by atoms with van der Waals surface area (Å²) in [7, 11) is 0. The molecule has 0 aliphatic rings. The van der Waals surface area contributed by atoms with Crippen LogP contribution < -0.4 is 11.1 Å². The van der Waals surface area contributed by atoms with Crippen molar-refractivity contribution in [3.63, 3.8) is 0 Å². The summed E-state index contributed by atoms with van der Waals surface area (Å²) >= 11 is 0. The minimum Gasteiger partial charge on any atom is -0.324 e. The Morgan fingerprint density at radius 1 is 1.47 bits per heavy atom. The Hall–Kier alpha value is -1.95. The molecule has 0 radical (unpaired) electrons. The van der Waals surface area contributed by atoms with Gasteiger partial charge in [0, 0.05) is 17.3 Å². The summed E-state index contributed by atoms with van der Waals surface area (Å²) in [6.45, 7) is 5.52. The number of amides is 1. The molecule has 0 unspecified atom stereocenters. The molecule has 1 atom stereocenters. The smallest absolute Gasteiger partial charge is 0.274 e. The van der Waals surface area contributed by atoms with Gasteiger partial charge in [-0.05, 0) is 18.4 Å². The summed E-state index contributed by atoms with van der Waals surface area (Å²) in [5, 5.41) is 13.5. The number of nitrogens with zero attached hydrogens (tertiary/aromatic N) is 1. The maximum absolute atomic E-state index is 11.8.